The van der Waals surface area contributed by atoms with Gasteiger partial charge in [0.05, 0.1) is 0 Å². The molecule has 122 valence electrons. The Bertz CT molecular complexity index is 810. The second kappa shape index (κ2) is 5.65. The van der Waals surface area contributed by atoms with Crippen LogP contribution in [0.2, 0.25) is 0 Å². The normalized spacial score (nSPS) is 24.2. The van der Waals surface area contributed by atoms with Gasteiger partial charge in [0.1, 0.15) is 0 Å². The van der Waals surface area contributed by atoms with Gasteiger partial charge in [-0.1, -0.05) is 48.0 Å². The van der Waals surface area contributed by atoms with Crippen LogP contribution in [0.3, 0.4) is 0 Å². The van der Waals surface area contributed by atoms with E-state index in [0.29, 0.717) is 24.2 Å². The lowest BCUT2D eigenvalue weighted by Gasteiger charge is -2.41. The van der Waals surface area contributed by atoms with E-state index < -0.39 is 5.54 Å². The lowest BCUT2D eigenvalue weighted by molar-refractivity contribution is 0.0443. The van der Waals surface area contributed by atoms with Crippen molar-refractivity contribution in [2.75, 3.05) is 26.2 Å². The van der Waals surface area contributed by atoms with Crippen molar-refractivity contribution < 1.29 is 9.59 Å². The van der Waals surface area contributed by atoms with Crippen LogP contribution in [0.15, 0.2) is 48.5 Å². The van der Waals surface area contributed by atoms with Crippen LogP contribution < -0.4 is 5.32 Å². The van der Waals surface area contributed by atoms with E-state index in [2.05, 4.69) is 10.2 Å². The van der Waals surface area contributed by atoms with E-state index in [1.54, 1.807) is 6.07 Å². The summed E-state index contributed by atoms with van der Waals surface area (Å²) in [5.41, 5.74) is 1.67. The number of hydrogen-bond acceptors (Lipinski definition) is 4. The molecule has 0 spiro atoms. The topological polar surface area (TPSA) is 49.4 Å². The van der Waals surface area contributed by atoms with Gasteiger partial charge in [0.25, 0.3) is 0 Å². The maximum Gasteiger partial charge on any atom is 0.196 e. The van der Waals surface area contributed by atoms with Gasteiger partial charge in [-0.2, -0.15) is 0 Å². The number of benzene rings is 2. The van der Waals surface area contributed by atoms with Gasteiger partial charge in [-0.3, -0.25) is 14.5 Å². The second-order valence-corrected chi connectivity index (χ2v) is 6.52. The highest BCUT2D eigenvalue weighted by molar-refractivity contribution is 6.32. The molecule has 0 aromatic heterocycles. The zero-order chi connectivity index (χ0) is 16.7. The smallest absolute Gasteiger partial charge is 0.196 e. The van der Waals surface area contributed by atoms with E-state index in [9.17, 15) is 9.59 Å². The van der Waals surface area contributed by atoms with Gasteiger partial charge in [-0.15, -0.1) is 0 Å². The number of nitrogens with zero attached hydrogens (tertiary/aromatic N) is 1. The molecule has 0 radical (unpaired) electrons. The molecule has 1 fully saturated rings. The van der Waals surface area contributed by atoms with E-state index >= 15 is 0 Å². The van der Waals surface area contributed by atoms with Crippen molar-refractivity contribution in [1.82, 2.24) is 10.2 Å². The highest BCUT2D eigenvalue weighted by Crippen LogP contribution is 2.42. The lowest BCUT2D eigenvalue weighted by Crippen LogP contribution is -2.59. The number of carbonyl (C=O) groups is 2. The van der Waals surface area contributed by atoms with Crippen LogP contribution in [0.25, 0.3) is 0 Å². The number of hydrogen-bond donors (Lipinski definition) is 1. The molecule has 0 amide bonds. The number of piperazine rings is 1. The first-order valence-electron chi connectivity index (χ1n) is 8.37. The van der Waals surface area contributed by atoms with E-state index in [1.165, 1.54) is 0 Å². The van der Waals surface area contributed by atoms with Crippen LogP contribution >= 0.6 is 0 Å². The van der Waals surface area contributed by atoms with Crippen LogP contribution in [-0.2, 0) is 5.54 Å². The Balaban J connectivity index is 1.95. The molecule has 1 unspecified atom stereocenters. The third kappa shape index (κ3) is 2.00. The summed E-state index contributed by atoms with van der Waals surface area (Å²) in [4.78, 5) is 29.0. The molecule has 1 heterocycles. The SMILES string of the molecule is Cc1ccc2c(c1)C(=O)C(c1ccccc1)(N1CCNCC1)C2=O. The van der Waals surface area contributed by atoms with Crippen LogP contribution in [-0.4, -0.2) is 42.6 Å². The highest BCUT2D eigenvalue weighted by atomic mass is 16.2. The molecule has 4 nitrogen and oxygen atoms in total. The van der Waals surface area contributed by atoms with Crippen LogP contribution in [0.1, 0.15) is 31.8 Å². The molecule has 1 saturated heterocycles. The van der Waals surface area contributed by atoms with Gasteiger partial charge in [-0.25, -0.2) is 0 Å². The number of rotatable bonds is 2. The Kier molecular flexibility index (Phi) is 3.59. The fraction of sp³-hybridized carbons (Fsp3) is 0.300. The zero-order valence-corrected chi connectivity index (χ0v) is 13.7. The largest absolute Gasteiger partial charge is 0.314 e. The molecular weight excluding hydrogens is 300 g/mol. The Morgan fingerprint density at radius 2 is 1.58 bits per heavy atom. The number of ketones is 2. The Morgan fingerprint density at radius 3 is 2.29 bits per heavy atom. The van der Waals surface area contributed by atoms with E-state index in [4.69, 9.17) is 0 Å². The second-order valence-electron chi connectivity index (χ2n) is 6.52. The van der Waals surface area contributed by atoms with Crippen molar-refractivity contribution in [3.05, 3.63) is 70.8 Å². The molecule has 2 aromatic rings. The summed E-state index contributed by atoms with van der Waals surface area (Å²) < 4.78 is 0. The Labute approximate surface area is 141 Å². The van der Waals surface area contributed by atoms with Gasteiger partial charge in [-0.05, 0) is 18.6 Å². The molecule has 1 N–H and O–H groups in total. The molecule has 1 aliphatic heterocycles. The van der Waals surface area contributed by atoms with Crippen molar-refractivity contribution in [2.45, 2.75) is 12.5 Å². The average Bonchev–Trinajstić information content (AvgIpc) is 2.85. The monoisotopic (exact) mass is 320 g/mol. The fourth-order valence-electron chi connectivity index (χ4n) is 3.95. The van der Waals surface area contributed by atoms with Crippen molar-refractivity contribution in [1.29, 1.82) is 0 Å². The van der Waals surface area contributed by atoms with Gasteiger partial charge in [0.15, 0.2) is 17.1 Å². The molecule has 24 heavy (non-hydrogen) atoms. The molecule has 4 heteroatoms. The molecule has 1 atom stereocenters. The molecule has 0 bridgehead atoms. The van der Waals surface area contributed by atoms with E-state index in [1.807, 2.05) is 49.4 Å². The fourth-order valence-corrected chi connectivity index (χ4v) is 3.95. The maximum absolute atomic E-state index is 13.5. The molecule has 0 saturated carbocycles. The van der Waals surface area contributed by atoms with E-state index in [-0.39, 0.29) is 11.6 Å². The molecular formula is C20H20N2O2. The van der Waals surface area contributed by atoms with Crippen molar-refractivity contribution in [2.24, 2.45) is 0 Å². The van der Waals surface area contributed by atoms with Crippen molar-refractivity contribution >= 4 is 11.6 Å². The first kappa shape index (κ1) is 15.2. The van der Waals surface area contributed by atoms with Gasteiger partial charge < -0.3 is 5.32 Å². The van der Waals surface area contributed by atoms with Gasteiger partial charge in [0, 0.05) is 37.3 Å². The van der Waals surface area contributed by atoms with Gasteiger partial charge >= 0.3 is 0 Å². The van der Waals surface area contributed by atoms with Crippen LogP contribution in [0.4, 0.5) is 0 Å². The number of carbonyl (C=O) groups excluding carboxylic acids is 2. The molecule has 4 rings (SSSR count). The quantitative estimate of drug-likeness (QED) is 0.862. The third-order valence-corrected chi connectivity index (χ3v) is 5.10. The first-order chi connectivity index (χ1) is 11.7. The summed E-state index contributed by atoms with van der Waals surface area (Å²) in [6.45, 7) is 4.87. The Morgan fingerprint density at radius 1 is 0.917 bits per heavy atom. The van der Waals surface area contributed by atoms with Gasteiger partial charge in [0.2, 0.25) is 0 Å². The molecule has 2 aromatic carbocycles. The highest BCUT2D eigenvalue weighted by Gasteiger charge is 2.57. The molecule has 2 aliphatic rings. The number of aryl methyl sites for hydroxylation is 1. The summed E-state index contributed by atoms with van der Waals surface area (Å²) in [5, 5.41) is 3.30. The predicted molar refractivity (Wildman–Crippen MR) is 92.4 cm³/mol. The summed E-state index contributed by atoms with van der Waals surface area (Å²) in [6.07, 6.45) is 0. The average molecular weight is 320 g/mol. The zero-order valence-electron chi connectivity index (χ0n) is 13.7. The minimum absolute atomic E-state index is 0.0840. The van der Waals surface area contributed by atoms with Crippen molar-refractivity contribution in [3.8, 4) is 0 Å². The number of fused-ring (bicyclic) bond motifs is 1. The number of Topliss-reactive ketones (excluding diaryl/α,β-unsaturated/α-hetero) is 2. The third-order valence-electron chi connectivity index (χ3n) is 5.10. The standard InChI is InChI=1S/C20H20N2O2/c1-14-7-8-16-17(13-14)19(24)20(18(16)23,15-5-3-2-4-6-15)22-11-9-21-10-12-22/h2-8,13,21H,9-12H2,1H3. The summed E-state index contributed by atoms with van der Waals surface area (Å²) in [6, 6.07) is 15.1. The number of nitrogens with one attached hydrogen (secondary N) is 1. The molecule has 1 aliphatic carbocycles. The van der Waals surface area contributed by atoms with E-state index in [0.717, 1.165) is 24.2 Å². The minimum Gasteiger partial charge on any atom is -0.314 e. The summed E-state index contributed by atoms with van der Waals surface area (Å²) in [5.74, 6) is -0.171. The first-order valence-corrected chi connectivity index (χ1v) is 8.37. The lowest BCUT2D eigenvalue weighted by atomic mass is 9.82. The van der Waals surface area contributed by atoms with Crippen LogP contribution in [0.5, 0.6) is 0 Å². The van der Waals surface area contributed by atoms with Crippen molar-refractivity contribution in [3.63, 3.8) is 0 Å². The maximum atomic E-state index is 13.5. The predicted octanol–water partition coefficient (Wildman–Crippen LogP) is 2.17. The van der Waals surface area contributed by atoms with Crippen LogP contribution in [0, 0.1) is 6.92 Å². The summed E-state index contributed by atoms with van der Waals surface area (Å²) >= 11 is 0. The Hall–Kier alpha value is -2.30. The minimum atomic E-state index is -1.21. The summed E-state index contributed by atoms with van der Waals surface area (Å²) in [7, 11) is 0.